The molecule has 1 amide bonds. The third-order valence-electron chi connectivity index (χ3n) is 5.65. The predicted molar refractivity (Wildman–Crippen MR) is 128 cm³/mol. The molecule has 8 heteroatoms. The van der Waals surface area contributed by atoms with Gasteiger partial charge in [0.05, 0.1) is 16.1 Å². The molecule has 3 rings (SSSR count). The highest BCUT2D eigenvalue weighted by atomic mass is 35.5. The number of benzene rings is 3. The number of hydrogen-bond donors (Lipinski definition) is 1. The Labute approximate surface area is 207 Å². The fourth-order valence-electron chi connectivity index (χ4n) is 3.65. The third kappa shape index (κ3) is 6.75. The summed E-state index contributed by atoms with van der Waals surface area (Å²) in [5.74, 6) is -2.07. The lowest BCUT2D eigenvalue weighted by Crippen LogP contribution is -2.33. The molecule has 0 spiro atoms. The van der Waals surface area contributed by atoms with E-state index >= 15 is 0 Å². The monoisotopic (exact) mass is 507 g/mol. The molecule has 0 saturated heterocycles. The van der Waals surface area contributed by atoms with Gasteiger partial charge in [0.1, 0.15) is 5.75 Å². The molecule has 35 heavy (non-hydrogen) atoms. The summed E-state index contributed by atoms with van der Waals surface area (Å²) in [6.07, 6.45) is -4.37. The van der Waals surface area contributed by atoms with Crippen LogP contribution < -0.4 is 0 Å². The normalized spacial score (nSPS) is 12.0. The Morgan fingerprint density at radius 2 is 1.60 bits per heavy atom. The van der Waals surface area contributed by atoms with Crippen LogP contribution in [0.1, 0.15) is 53.4 Å². The Morgan fingerprint density at radius 1 is 0.943 bits per heavy atom. The first-order valence-corrected chi connectivity index (χ1v) is 11.4. The molecule has 3 aromatic carbocycles. The van der Waals surface area contributed by atoms with Crippen molar-refractivity contribution < 1.29 is 27.5 Å². The second-order valence-corrected chi connectivity index (χ2v) is 9.82. The Morgan fingerprint density at radius 3 is 2.20 bits per heavy atom. The summed E-state index contributed by atoms with van der Waals surface area (Å²) in [5.41, 5.74) is 0.979. The number of rotatable bonds is 6. The Balaban J connectivity index is 1.90. The maximum absolute atomic E-state index is 14.6. The van der Waals surface area contributed by atoms with Crippen molar-refractivity contribution in [3.8, 4) is 5.75 Å². The van der Waals surface area contributed by atoms with Crippen LogP contribution in [-0.4, -0.2) is 22.5 Å². The van der Waals surface area contributed by atoms with Gasteiger partial charge in [-0.25, -0.2) is 4.39 Å². The molecule has 0 bridgehead atoms. The number of aromatic hydroxyl groups is 1. The number of alkyl halides is 3. The molecule has 186 valence electrons. The quantitative estimate of drug-likeness (QED) is 0.353. The first kappa shape index (κ1) is 26.5. The fourth-order valence-corrected chi connectivity index (χ4v) is 3.86. The number of phenolic OH excluding ortho intramolecular Hbond substituents is 1. The lowest BCUT2D eigenvalue weighted by molar-refractivity contribution is -0.137. The second kappa shape index (κ2) is 10.3. The van der Waals surface area contributed by atoms with Crippen molar-refractivity contribution in [2.24, 2.45) is 0 Å². The summed E-state index contributed by atoms with van der Waals surface area (Å²) >= 11 is 5.81. The minimum Gasteiger partial charge on any atom is -0.508 e. The molecule has 0 aromatic heterocycles. The van der Waals surface area contributed by atoms with E-state index in [-0.39, 0.29) is 30.7 Å². The molecule has 1 N–H and O–H groups in total. The van der Waals surface area contributed by atoms with E-state index in [4.69, 9.17) is 11.6 Å². The van der Waals surface area contributed by atoms with E-state index in [0.29, 0.717) is 5.56 Å². The lowest BCUT2D eigenvalue weighted by atomic mass is 9.87. The minimum absolute atomic E-state index is 0.0217. The number of carbonyl (C=O) groups is 1. The first-order valence-electron chi connectivity index (χ1n) is 11.0. The van der Waals surface area contributed by atoms with Crippen LogP contribution in [0.5, 0.6) is 5.75 Å². The highest BCUT2D eigenvalue weighted by Gasteiger charge is 2.30. The average Bonchev–Trinajstić information content (AvgIpc) is 2.78. The summed E-state index contributed by atoms with van der Waals surface area (Å²) in [5, 5.41) is 9.43. The largest absolute Gasteiger partial charge is 0.508 e. The third-order valence-corrected chi connectivity index (χ3v) is 5.92. The Bertz CT molecular complexity index is 1200. The summed E-state index contributed by atoms with van der Waals surface area (Å²) in [7, 11) is 0. The lowest BCUT2D eigenvalue weighted by Gasteiger charge is -2.25. The molecular weight excluding hydrogens is 482 g/mol. The molecular formula is C27H26ClF4NO2. The topological polar surface area (TPSA) is 40.5 Å². The molecule has 0 saturated carbocycles. The van der Waals surface area contributed by atoms with Gasteiger partial charge >= 0.3 is 6.18 Å². The van der Waals surface area contributed by atoms with Crippen molar-refractivity contribution in [2.75, 3.05) is 6.54 Å². The molecule has 3 aromatic rings. The van der Waals surface area contributed by atoms with Crippen molar-refractivity contribution in [3.63, 3.8) is 0 Å². The van der Waals surface area contributed by atoms with Crippen LogP contribution in [0.15, 0.2) is 60.7 Å². The molecule has 0 radical (unpaired) electrons. The smallest absolute Gasteiger partial charge is 0.416 e. The summed E-state index contributed by atoms with van der Waals surface area (Å²) in [4.78, 5) is 14.6. The van der Waals surface area contributed by atoms with Crippen molar-refractivity contribution in [1.82, 2.24) is 4.90 Å². The molecule has 0 atom stereocenters. The van der Waals surface area contributed by atoms with Crippen LogP contribution in [0.25, 0.3) is 0 Å². The molecule has 0 heterocycles. The van der Waals surface area contributed by atoms with Crippen molar-refractivity contribution in [2.45, 2.75) is 45.3 Å². The second-order valence-electron chi connectivity index (χ2n) is 9.41. The zero-order valence-corrected chi connectivity index (χ0v) is 20.3. The zero-order chi connectivity index (χ0) is 26.0. The Hall–Kier alpha value is -3.06. The number of phenols is 1. The van der Waals surface area contributed by atoms with Gasteiger partial charge < -0.3 is 10.0 Å². The van der Waals surface area contributed by atoms with E-state index in [1.807, 2.05) is 24.3 Å². The van der Waals surface area contributed by atoms with Crippen LogP contribution in [-0.2, 0) is 24.6 Å². The highest BCUT2D eigenvalue weighted by molar-refractivity contribution is 6.31. The number of carbonyl (C=O) groups excluding carboxylic acids is 1. The molecule has 0 unspecified atom stereocenters. The minimum atomic E-state index is -4.48. The van der Waals surface area contributed by atoms with E-state index in [0.717, 1.165) is 35.4 Å². The van der Waals surface area contributed by atoms with Crippen LogP contribution in [0, 0.1) is 5.82 Å². The van der Waals surface area contributed by atoms with Crippen LogP contribution >= 0.6 is 11.6 Å². The Kier molecular flexibility index (Phi) is 7.80. The zero-order valence-electron chi connectivity index (χ0n) is 19.6. The first-order chi connectivity index (χ1) is 16.3. The van der Waals surface area contributed by atoms with Gasteiger partial charge in [-0.1, -0.05) is 74.8 Å². The van der Waals surface area contributed by atoms with E-state index < -0.39 is 34.1 Å². The van der Waals surface area contributed by atoms with E-state index in [1.165, 1.54) is 11.0 Å². The number of amides is 1. The molecule has 0 aliphatic rings. The van der Waals surface area contributed by atoms with Gasteiger partial charge in [-0.2, -0.15) is 13.2 Å². The van der Waals surface area contributed by atoms with Gasteiger partial charge in [-0.05, 0) is 40.7 Å². The van der Waals surface area contributed by atoms with Gasteiger partial charge in [0.25, 0.3) is 5.91 Å². The highest BCUT2D eigenvalue weighted by Crippen LogP contribution is 2.30. The van der Waals surface area contributed by atoms with Crippen LogP contribution in [0.4, 0.5) is 17.6 Å². The summed E-state index contributed by atoms with van der Waals surface area (Å²) < 4.78 is 53.9. The summed E-state index contributed by atoms with van der Waals surface area (Å²) in [6.45, 7) is 6.33. The van der Waals surface area contributed by atoms with Gasteiger partial charge in [-0.3, -0.25) is 4.79 Å². The van der Waals surface area contributed by atoms with Crippen molar-refractivity contribution in [1.29, 1.82) is 0 Å². The number of hydrogen-bond acceptors (Lipinski definition) is 2. The maximum atomic E-state index is 14.6. The molecule has 0 aliphatic carbocycles. The molecule has 3 nitrogen and oxygen atoms in total. The van der Waals surface area contributed by atoms with E-state index in [1.54, 1.807) is 6.07 Å². The molecule has 0 fully saturated rings. The van der Waals surface area contributed by atoms with Crippen LogP contribution in [0.2, 0.25) is 5.02 Å². The van der Waals surface area contributed by atoms with Gasteiger partial charge in [0.2, 0.25) is 0 Å². The SMILES string of the molecule is CC(C)(C)c1ccc(CN(CCc2cccc(C(F)(F)F)c2)C(=O)c2cc(O)cc(Cl)c2F)cc1. The van der Waals surface area contributed by atoms with Gasteiger partial charge in [0.15, 0.2) is 5.82 Å². The van der Waals surface area contributed by atoms with Crippen molar-refractivity contribution in [3.05, 3.63) is 99.3 Å². The van der Waals surface area contributed by atoms with Crippen molar-refractivity contribution >= 4 is 17.5 Å². The van der Waals surface area contributed by atoms with Gasteiger partial charge in [-0.15, -0.1) is 0 Å². The van der Waals surface area contributed by atoms with Crippen LogP contribution in [0.3, 0.4) is 0 Å². The maximum Gasteiger partial charge on any atom is 0.416 e. The predicted octanol–water partition coefficient (Wildman–Crippen LogP) is 7.39. The fraction of sp³-hybridized carbons (Fsp3) is 0.296. The van der Waals surface area contributed by atoms with Gasteiger partial charge in [0, 0.05) is 19.2 Å². The molecule has 0 aliphatic heterocycles. The van der Waals surface area contributed by atoms with E-state index in [9.17, 15) is 27.5 Å². The summed E-state index contributed by atoms with van der Waals surface area (Å²) in [6, 6.07) is 14.4. The number of nitrogens with zero attached hydrogens (tertiary/aromatic N) is 1. The standard InChI is InChI=1S/C27H26ClF4NO2/c1-26(2,3)19-9-7-18(8-10-19)16-33(25(35)22-14-21(34)15-23(28)24(22)29)12-11-17-5-4-6-20(13-17)27(30,31)32/h4-10,13-15,34H,11-12,16H2,1-3H3. The van der Waals surface area contributed by atoms with E-state index in [2.05, 4.69) is 20.8 Å². The average molecular weight is 508 g/mol. The number of halogens is 5.